The Bertz CT molecular complexity index is 750. The van der Waals surface area contributed by atoms with E-state index in [1.807, 2.05) is 0 Å². The summed E-state index contributed by atoms with van der Waals surface area (Å²) >= 11 is 0. The van der Waals surface area contributed by atoms with Crippen molar-refractivity contribution in [3.05, 3.63) is 28.8 Å². The highest BCUT2D eigenvalue weighted by atomic mass is 32.2. The Morgan fingerprint density at radius 1 is 0.962 bits per heavy atom. The second kappa shape index (κ2) is 7.13. The van der Waals surface area contributed by atoms with Crippen LogP contribution in [0.4, 0.5) is 0 Å². The van der Waals surface area contributed by atoms with Crippen molar-refractivity contribution in [2.75, 3.05) is 32.4 Å². The molecule has 1 aromatic carbocycles. The lowest BCUT2D eigenvalue weighted by atomic mass is 9.79. The fourth-order valence-electron chi connectivity index (χ4n) is 3.28. The van der Waals surface area contributed by atoms with Crippen LogP contribution in [0.5, 0.6) is 5.75 Å². The first-order valence-corrected chi connectivity index (χ1v) is 11.1. The fraction of sp³-hybridized carbons (Fsp3) is 0.700. The predicted octanol–water partition coefficient (Wildman–Crippen LogP) is 3.06. The van der Waals surface area contributed by atoms with Gasteiger partial charge in [0.15, 0.2) is 0 Å². The van der Waals surface area contributed by atoms with Crippen molar-refractivity contribution in [3.8, 4) is 5.75 Å². The minimum absolute atomic E-state index is 0.00254. The minimum atomic E-state index is -3.13. The highest BCUT2D eigenvalue weighted by Gasteiger charge is 2.27. The summed E-state index contributed by atoms with van der Waals surface area (Å²) in [6, 6.07) is 4.23. The van der Waals surface area contributed by atoms with Gasteiger partial charge in [-0.3, -0.25) is 4.90 Å². The molecule has 1 N–H and O–H groups in total. The zero-order chi connectivity index (χ0) is 19.9. The molecule has 0 aromatic heterocycles. The Morgan fingerprint density at radius 2 is 1.50 bits per heavy atom. The third-order valence-electron chi connectivity index (χ3n) is 5.06. The second-order valence-electron chi connectivity index (χ2n) is 9.47. The summed E-state index contributed by atoms with van der Waals surface area (Å²) in [4.78, 5) is 2.22. The Hall–Kier alpha value is -1.11. The van der Waals surface area contributed by atoms with E-state index in [1.54, 1.807) is 0 Å². The summed E-state index contributed by atoms with van der Waals surface area (Å²) in [7, 11) is -3.13. The second-order valence-corrected chi connectivity index (χ2v) is 11.5. The highest BCUT2D eigenvalue weighted by molar-refractivity contribution is 7.88. The van der Waals surface area contributed by atoms with E-state index in [-0.39, 0.29) is 10.8 Å². The van der Waals surface area contributed by atoms with Gasteiger partial charge in [0, 0.05) is 38.3 Å². The van der Waals surface area contributed by atoms with Crippen molar-refractivity contribution < 1.29 is 13.5 Å². The van der Waals surface area contributed by atoms with Crippen molar-refractivity contribution in [3.63, 3.8) is 0 Å². The molecule has 1 aromatic rings. The standard InChI is InChI=1S/C20H34N2O3S/c1-19(2,3)16-12-15(18(23)17(13-16)20(4,5)6)14-21-8-10-22(11-9-21)26(7,24)25/h12-13,23H,8-11,14H2,1-7H3. The maximum absolute atomic E-state index is 11.7. The molecule has 2 rings (SSSR count). The number of phenols is 1. The number of benzene rings is 1. The Morgan fingerprint density at radius 3 is 1.92 bits per heavy atom. The molecule has 6 heteroatoms. The molecule has 26 heavy (non-hydrogen) atoms. The quantitative estimate of drug-likeness (QED) is 0.873. The van der Waals surface area contributed by atoms with Crippen LogP contribution in [-0.4, -0.2) is 55.2 Å². The van der Waals surface area contributed by atoms with Gasteiger partial charge in [0.25, 0.3) is 0 Å². The van der Waals surface area contributed by atoms with E-state index in [0.29, 0.717) is 38.5 Å². The molecule has 0 atom stereocenters. The van der Waals surface area contributed by atoms with Gasteiger partial charge in [0.1, 0.15) is 5.75 Å². The lowest BCUT2D eigenvalue weighted by molar-refractivity contribution is 0.180. The molecule has 0 saturated carbocycles. The van der Waals surface area contributed by atoms with Crippen LogP contribution >= 0.6 is 0 Å². The lowest BCUT2D eigenvalue weighted by Crippen LogP contribution is -2.47. The molecule has 1 saturated heterocycles. The Balaban J connectivity index is 2.29. The number of rotatable bonds is 3. The predicted molar refractivity (Wildman–Crippen MR) is 107 cm³/mol. The normalized spacial score (nSPS) is 18.3. The van der Waals surface area contributed by atoms with Gasteiger partial charge in [0.05, 0.1) is 6.26 Å². The smallest absolute Gasteiger partial charge is 0.211 e. The van der Waals surface area contributed by atoms with Gasteiger partial charge in [0.2, 0.25) is 10.0 Å². The summed E-state index contributed by atoms with van der Waals surface area (Å²) < 4.78 is 24.9. The first-order valence-electron chi connectivity index (χ1n) is 9.24. The van der Waals surface area contributed by atoms with Crippen molar-refractivity contribution in [2.45, 2.75) is 58.9 Å². The third-order valence-corrected chi connectivity index (χ3v) is 6.36. The zero-order valence-corrected chi connectivity index (χ0v) is 18.1. The van der Waals surface area contributed by atoms with Gasteiger partial charge < -0.3 is 5.11 Å². The van der Waals surface area contributed by atoms with E-state index in [1.165, 1.54) is 16.1 Å². The molecule has 1 fully saturated rings. The minimum Gasteiger partial charge on any atom is -0.507 e. The number of phenolic OH excluding ortho intramolecular Hbond substituents is 1. The molecule has 1 aliphatic rings. The molecule has 0 unspecified atom stereocenters. The van der Waals surface area contributed by atoms with Gasteiger partial charge in [-0.05, 0) is 22.0 Å². The summed E-state index contributed by atoms with van der Waals surface area (Å²) in [5, 5.41) is 10.9. The van der Waals surface area contributed by atoms with Crippen LogP contribution in [0.1, 0.15) is 58.2 Å². The summed E-state index contributed by atoms with van der Waals surface area (Å²) in [6.45, 7) is 15.9. The first-order chi connectivity index (χ1) is 11.7. The van der Waals surface area contributed by atoms with Crippen LogP contribution in [-0.2, 0) is 27.4 Å². The molecule has 148 valence electrons. The fourth-order valence-corrected chi connectivity index (χ4v) is 4.11. The summed E-state index contributed by atoms with van der Waals surface area (Å²) in [5.41, 5.74) is 2.96. The van der Waals surface area contributed by atoms with E-state index in [9.17, 15) is 13.5 Å². The maximum Gasteiger partial charge on any atom is 0.211 e. The Kier molecular flexibility index (Phi) is 5.81. The number of sulfonamides is 1. The highest BCUT2D eigenvalue weighted by Crippen LogP contribution is 2.38. The number of hydrogen-bond donors (Lipinski definition) is 1. The van der Waals surface area contributed by atoms with Gasteiger partial charge in [-0.15, -0.1) is 0 Å². The molecule has 0 radical (unpaired) electrons. The van der Waals surface area contributed by atoms with Crippen LogP contribution in [0.3, 0.4) is 0 Å². The SMILES string of the molecule is CC(C)(C)c1cc(CN2CCN(S(C)(=O)=O)CC2)c(O)c(C(C)(C)C)c1. The molecular formula is C20H34N2O3S. The van der Waals surface area contributed by atoms with Gasteiger partial charge in [-0.2, -0.15) is 4.31 Å². The lowest BCUT2D eigenvalue weighted by Gasteiger charge is -2.34. The van der Waals surface area contributed by atoms with E-state index in [2.05, 4.69) is 58.6 Å². The number of piperazine rings is 1. The molecule has 0 spiro atoms. The number of aromatic hydroxyl groups is 1. The van der Waals surface area contributed by atoms with E-state index in [0.717, 1.165) is 11.1 Å². The van der Waals surface area contributed by atoms with Crippen LogP contribution in [0.2, 0.25) is 0 Å². The van der Waals surface area contributed by atoms with E-state index in [4.69, 9.17) is 0 Å². The van der Waals surface area contributed by atoms with Gasteiger partial charge in [-0.25, -0.2) is 8.42 Å². The van der Waals surface area contributed by atoms with E-state index < -0.39 is 10.0 Å². The van der Waals surface area contributed by atoms with Crippen LogP contribution in [0.15, 0.2) is 12.1 Å². The third kappa shape index (κ3) is 4.99. The molecule has 1 heterocycles. The molecule has 0 amide bonds. The maximum atomic E-state index is 11.7. The molecule has 0 aliphatic carbocycles. The van der Waals surface area contributed by atoms with Crippen molar-refractivity contribution in [1.82, 2.24) is 9.21 Å². The molecule has 0 bridgehead atoms. The van der Waals surface area contributed by atoms with Crippen molar-refractivity contribution in [2.24, 2.45) is 0 Å². The number of nitrogens with zero attached hydrogens (tertiary/aromatic N) is 2. The Labute approximate surface area is 159 Å². The summed E-state index contributed by atoms with van der Waals surface area (Å²) in [6.07, 6.45) is 1.26. The topological polar surface area (TPSA) is 60.9 Å². The average Bonchev–Trinajstić information content (AvgIpc) is 2.46. The average molecular weight is 383 g/mol. The molecule has 1 aliphatic heterocycles. The molecule has 5 nitrogen and oxygen atoms in total. The van der Waals surface area contributed by atoms with E-state index >= 15 is 0 Å². The first kappa shape index (κ1) is 21.2. The van der Waals surface area contributed by atoms with Crippen LogP contribution in [0, 0.1) is 0 Å². The van der Waals surface area contributed by atoms with Crippen molar-refractivity contribution in [1.29, 1.82) is 0 Å². The van der Waals surface area contributed by atoms with Gasteiger partial charge >= 0.3 is 0 Å². The van der Waals surface area contributed by atoms with Gasteiger partial charge in [-0.1, -0.05) is 53.7 Å². The monoisotopic (exact) mass is 382 g/mol. The van der Waals surface area contributed by atoms with Crippen molar-refractivity contribution >= 4 is 10.0 Å². The largest absolute Gasteiger partial charge is 0.507 e. The summed E-state index contributed by atoms with van der Waals surface area (Å²) in [5.74, 6) is 0.371. The van der Waals surface area contributed by atoms with Crippen LogP contribution < -0.4 is 0 Å². The zero-order valence-electron chi connectivity index (χ0n) is 17.3. The number of hydrogen-bond acceptors (Lipinski definition) is 4. The van der Waals surface area contributed by atoms with Crippen LogP contribution in [0.25, 0.3) is 0 Å². The molecular weight excluding hydrogens is 348 g/mol.